The fraction of sp³-hybridized carbons (Fsp3) is 0.111. The minimum atomic E-state index is 0.872. The number of benzene rings is 2. The third-order valence-corrected chi connectivity index (χ3v) is 4.20. The smallest absolute Gasteiger partial charge is 0.110 e. The van der Waals surface area contributed by atoms with Crippen LogP contribution in [0.5, 0.6) is 0 Å². The van der Waals surface area contributed by atoms with Crippen molar-refractivity contribution in [3.8, 4) is 0 Å². The molecule has 1 N–H and O–H groups in total. The van der Waals surface area contributed by atoms with Crippen molar-refractivity contribution < 1.29 is 0 Å². The Hall–Kier alpha value is -2.68. The van der Waals surface area contributed by atoms with Crippen molar-refractivity contribution in [2.24, 2.45) is 0 Å². The maximum atomic E-state index is 4.27. The van der Waals surface area contributed by atoms with Crippen LogP contribution in [0.4, 0.5) is 17.1 Å². The van der Waals surface area contributed by atoms with Crippen molar-refractivity contribution in [2.45, 2.75) is 6.54 Å². The van der Waals surface area contributed by atoms with Gasteiger partial charge in [-0.25, -0.2) is 0 Å². The molecule has 0 fully saturated rings. The van der Waals surface area contributed by atoms with E-state index in [1.165, 1.54) is 28.2 Å². The highest BCUT2D eigenvalue weighted by Crippen LogP contribution is 2.46. The molecule has 2 aromatic rings. The van der Waals surface area contributed by atoms with Crippen LogP contribution in [0.15, 0.2) is 61.1 Å². The molecule has 0 saturated carbocycles. The van der Waals surface area contributed by atoms with Crippen molar-refractivity contribution in [1.29, 1.82) is 0 Å². The molecule has 2 heterocycles. The van der Waals surface area contributed by atoms with Gasteiger partial charge in [0.15, 0.2) is 0 Å². The number of fused-ring (bicyclic) bond motifs is 2. The summed E-state index contributed by atoms with van der Waals surface area (Å²) in [6.07, 6.45) is 4.16. The Morgan fingerprint density at radius 2 is 1.76 bits per heavy atom. The lowest BCUT2D eigenvalue weighted by Gasteiger charge is -2.26. The maximum absolute atomic E-state index is 4.27. The Labute approximate surface area is 124 Å². The second-order valence-electron chi connectivity index (χ2n) is 5.36. The largest absolute Gasteiger partial charge is 0.387 e. The van der Waals surface area contributed by atoms with Crippen LogP contribution < -0.4 is 15.1 Å². The number of hydrogen-bond donors (Lipinski definition) is 1. The zero-order valence-corrected chi connectivity index (χ0v) is 12.0. The number of nitrogens with one attached hydrogen (secondary N) is 1. The average molecular weight is 275 g/mol. The summed E-state index contributed by atoms with van der Waals surface area (Å²) in [6, 6.07) is 14.9. The molecule has 2 aliphatic heterocycles. The molecule has 4 rings (SSSR count). The fourth-order valence-electron chi connectivity index (χ4n) is 3.09. The third kappa shape index (κ3) is 1.67. The molecule has 0 amide bonds. The predicted molar refractivity (Wildman–Crippen MR) is 88.4 cm³/mol. The van der Waals surface area contributed by atoms with Crippen molar-refractivity contribution in [3.63, 3.8) is 0 Å². The quantitative estimate of drug-likeness (QED) is 0.853. The van der Waals surface area contributed by atoms with Gasteiger partial charge in [-0.3, -0.25) is 4.90 Å². The first-order chi connectivity index (χ1) is 10.3. The van der Waals surface area contributed by atoms with Crippen LogP contribution in [0.1, 0.15) is 11.1 Å². The van der Waals surface area contributed by atoms with E-state index >= 15 is 0 Å². The van der Waals surface area contributed by atoms with Gasteiger partial charge in [-0.1, -0.05) is 30.8 Å². The lowest BCUT2D eigenvalue weighted by Crippen LogP contribution is -2.22. The zero-order chi connectivity index (χ0) is 14.4. The Kier molecular flexibility index (Phi) is 2.54. The molecule has 0 unspecified atom stereocenters. The first kappa shape index (κ1) is 12.1. The predicted octanol–water partition coefficient (Wildman–Crippen LogP) is 3.82. The van der Waals surface area contributed by atoms with E-state index in [-0.39, 0.29) is 0 Å². The summed E-state index contributed by atoms with van der Waals surface area (Å²) in [4.78, 5) is 4.38. The molecule has 3 heteroatoms. The van der Waals surface area contributed by atoms with Crippen molar-refractivity contribution in [2.75, 3.05) is 16.8 Å². The van der Waals surface area contributed by atoms with Gasteiger partial charge in [0.1, 0.15) is 5.82 Å². The van der Waals surface area contributed by atoms with Crippen LogP contribution >= 0.6 is 0 Å². The molecule has 0 spiro atoms. The van der Waals surface area contributed by atoms with E-state index in [1.54, 1.807) is 0 Å². The Morgan fingerprint density at radius 1 is 1.00 bits per heavy atom. The summed E-state index contributed by atoms with van der Waals surface area (Å²) in [6.45, 7) is 5.14. The van der Waals surface area contributed by atoms with Gasteiger partial charge >= 0.3 is 0 Å². The van der Waals surface area contributed by atoms with Crippen molar-refractivity contribution in [1.82, 2.24) is 5.32 Å². The first-order valence-corrected chi connectivity index (χ1v) is 7.11. The van der Waals surface area contributed by atoms with E-state index in [0.29, 0.717) is 0 Å². The summed E-state index contributed by atoms with van der Waals surface area (Å²) >= 11 is 0. The van der Waals surface area contributed by atoms with Crippen LogP contribution in [-0.4, -0.2) is 7.05 Å². The molecular weight excluding hydrogens is 258 g/mol. The topological polar surface area (TPSA) is 18.5 Å². The standard InChI is InChI=1S/C18H17N3/c1-13-20(2)17-7-3-4-8-18(17)21(13)16-9-5-6-14-12-19-11-10-15(14)16/h3-11,19H,1,12H2,2H3. The highest BCUT2D eigenvalue weighted by atomic mass is 15.4. The highest BCUT2D eigenvalue weighted by molar-refractivity contribution is 5.91. The van der Waals surface area contributed by atoms with Crippen molar-refractivity contribution in [3.05, 3.63) is 72.2 Å². The van der Waals surface area contributed by atoms with Crippen LogP contribution in [-0.2, 0) is 6.54 Å². The van der Waals surface area contributed by atoms with E-state index in [0.717, 1.165) is 12.4 Å². The summed E-state index contributed by atoms with van der Waals surface area (Å²) in [5, 5.41) is 3.27. The molecule has 0 bridgehead atoms. The van der Waals surface area contributed by atoms with Gasteiger partial charge in [0.2, 0.25) is 0 Å². The number of para-hydroxylation sites is 2. The molecule has 0 atom stereocenters. The van der Waals surface area contributed by atoms with E-state index in [2.05, 4.69) is 77.3 Å². The van der Waals surface area contributed by atoms with E-state index < -0.39 is 0 Å². The number of hydrogen-bond acceptors (Lipinski definition) is 3. The SMILES string of the molecule is C=C1N(C)c2ccccc2N1c1cccc2c1C=CNC2. The van der Waals surface area contributed by atoms with Gasteiger partial charge in [0, 0.05) is 19.2 Å². The minimum Gasteiger partial charge on any atom is -0.387 e. The van der Waals surface area contributed by atoms with E-state index in [1.807, 2.05) is 6.20 Å². The van der Waals surface area contributed by atoms with Crippen LogP contribution in [0, 0.1) is 0 Å². The maximum Gasteiger partial charge on any atom is 0.110 e. The van der Waals surface area contributed by atoms with Gasteiger partial charge < -0.3 is 10.2 Å². The summed E-state index contributed by atoms with van der Waals surface area (Å²) in [5.41, 5.74) is 6.15. The zero-order valence-electron chi connectivity index (χ0n) is 12.0. The highest BCUT2D eigenvalue weighted by Gasteiger charge is 2.29. The number of rotatable bonds is 1. The molecular formula is C18H17N3. The van der Waals surface area contributed by atoms with Gasteiger partial charge in [-0.05, 0) is 36.0 Å². The lowest BCUT2D eigenvalue weighted by molar-refractivity contribution is 0.858. The molecule has 0 aliphatic carbocycles. The van der Waals surface area contributed by atoms with Crippen LogP contribution in [0.25, 0.3) is 6.08 Å². The second kappa shape index (κ2) is 4.42. The molecule has 0 saturated heterocycles. The fourth-order valence-corrected chi connectivity index (χ4v) is 3.09. The molecule has 3 nitrogen and oxygen atoms in total. The summed E-state index contributed by atoms with van der Waals surface area (Å²) in [5.74, 6) is 0.983. The molecule has 21 heavy (non-hydrogen) atoms. The number of nitrogens with zero attached hydrogens (tertiary/aromatic N) is 2. The molecule has 2 aliphatic rings. The molecule has 104 valence electrons. The van der Waals surface area contributed by atoms with Gasteiger partial charge in [-0.15, -0.1) is 0 Å². The average Bonchev–Trinajstić information content (AvgIpc) is 2.79. The molecule has 2 aromatic carbocycles. The van der Waals surface area contributed by atoms with Crippen LogP contribution in [0.3, 0.4) is 0 Å². The second-order valence-corrected chi connectivity index (χ2v) is 5.36. The normalized spacial score (nSPS) is 15.8. The molecule has 0 radical (unpaired) electrons. The first-order valence-electron chi connectivity index (χ1n) is 7.11. The van der Waals surface area contributed by atoms with Gasteiger partial charge in [-0.2, -0.15) is 0 Å². The van der Waals surface area contributed by atoms with Crippen LogP contribution in [0.2, 0.25) is 0 Å². The van der Waals surface area contributed by atoms with E-state index in [9.17, 15) is 0 Å². The minimum absolute atomic E-state index is 0.872. The molecule has 0 aromatic heterocycles. The van der Waals surface area contributed by atoms with E-state index in [4.69, 9.17) is 0 Å². The summed E-state index contributed by atoms with van der Waals surface area (Å²) in [7, 11) is 2.06. The monoisotopic (exact) mass is 275 g/mol. The number of anilines is 3. The Balaban J connectivity index is 1.93. The lowest BCUT2D eigenvalue weighted by atomic mass is 10.0. The van der Waals surface area contributed by atoms with Gasteiger partial charge in [0.05, 0.1) is 17.1 Å². The Bertz CT molecular complexity index is 761. The van der Waals surface area contributed by atoms with Crippen molar-refractivity contribution >= 4 is 23.1 Å². The van der Waals surface area contributed by atoms with Gasteiger partial charge in [0.25, 0.3) is 0 Å². The Morgan fingerprint density at radius 3 is 2.62 bits per heavy atom. The summed E-state index contributed by atoms with van der Waals surface area (Å²) < 4.78 is 0. The third-order valence-electron chi connectivity index (χ3n) is 4.20.